The van der Waals surface area contributed by atoms with Gasteiger partial charge in [-0.15, -0.1) is 0 Å². The van der Waals surface area contributed by atoms with E-state index >= 15 is 0 Å². The fourth-order valence-electron chi connectivity index (χ4n) is 0.510. The van der Waals surface area contributed by atoms with Crippen molar-refractivity contribution in [3.63, 3.8) is 0 Å². The van der Waals surface area contributed by atoms with E-state index in [1.807, 2.05) is 0 Å². The Bertz CT molecular complexity index is 183. The normalized spacial score (nSPS) is 16.2. The summed E-state index contributed by atoms with van der Waals surface area (Å²) in [5.41, 5.74) is 0.0984. The molecule has 48 valence electrons. The van der Waals surface area contributed by atoms with Gasteiger partial charge in [-0.25, -0.2) is 0 Å². The molecule has 0 aromatic heterocycles. The van der Waals surface area contributed by atoms with E-state index in [1.165, 1.54) is 18.4 Å². The molecule has 0 amide bonds. The van der Waals surface area contributed by atoms with Crippen LogP contribution in [0.25, 0.3) is 0 Å². The molecule has 4 heteroatoms. The molecule has 1 aliphatic heterocycles. The summed E-state index contributed by atoms with van der Waals surface area (Å²) in [6.45, 7) is 0.298. The van der Waals surface area contributed by atoms with Crippen molar-refractivity contribution >= 4 is 0 Å². The van der Waals surface area contributed by atoms with E-state index in [9.17, 15) is 10.1 Å². The molecule has 0 radical (unpaired) electrons. The van der Waals surface area contributed by atoms with Gasteiger partial charge in [0.1, 0.15) is 6.61 Å². The molecule has 9 heavy (non-hydrogen) atoms. The van der Waals surface area contributed by atoms with Crippen molar-refractivity contribution in [2.24, 2.45) is 0 Å². The summed E-state index contributed by atoms with van der Waals surface area (Å²) in [5, 5.41) is 9.98. The van der Waals surface area contributed by atoms with E-state index in [0.29, 0.717) is 6.61 Å². The van der Waals surface area contributed by atoms with Gasteiger partial charge in [0.15, 0.2) is 0 Å². The summed E-state index contributed by atoms with van der Waals surface area (Å²) in [4.78, 5) is 9.54. The Morgan fingerprint density at radius 2 is 2.56 bits per heavy atom. The Morgan fingerprint density at radius 1 is 1.78 bits per heavy atom. The summed E-state index contributed by atoms with van der Waals surface area (Å²) in [7, 11) is 0. The zero-order valence-corrected chi connectivity index (χ0v) is 4.61. The number of hydrogen-bond donors (Lipinski definition) is 0. The lowest BCUT2D eigenvalue weighted by Gasteiger charge is -1.98. The Kier molecular flexibility index (Phi) is 1.48. The second kappa shape index (κ2) is 2.30. The number of rotatable bonds is 1. The lowest BCUT2D eigenvalue weighted by molar-refractivity contribution is -0.419. The summed E-state index contributed by atoms with van der Waals surface area (Å²) < 4.78 is 4.69. The van der Waals surface area contributed by atoms with Crippen LogP contribution in [-0.2, 0) is 4.74 Å². The predicted octanol–water partition coefficient (Wildman–Crippen LogP) is 0.691. The maximum atomic E-state index is 9.98. The molecule has 0 unspecified atom stereocenters. The molecule has 1 rings (SSSR count). The van der Waals surface area contributed by atoms with Crippen LogP contribution < -0.4 is 0 Å². The van der Waals surface area contributed by atoms with Gasteiger partial charge in [0.25, 0.3) is 5.70 Å². The van der Waals surface area contributed by atoms with Crippen LogP contribution in [0, 0.1) is 10.1 Å². The highest BCUT2D eigenvalue weighted by Gasteiger charge is 2.07. The van der Waals surface area contributed by atoms with Crippen molar-refractivity contribution < 1.29 is 9.66 Å². The molecule has 0 aromatic rings. The highest BCUT2D eigenvalue weighted by molar-refractivity contribution is 5.11. The van der Waals surface area contributed by atoms with Crippen molar-refractivity contribution in [2.75, 3.05) is 6.61 Å². The van der Waals surface area contributed by atoms with Crippen LogP contribution in [0.3, 0.4) is 0 Å². The van der Waals surface area contributed by atoms with E-state index < -0.39 is 4.92 Å². The summed E-state index contributed by atoms with van der Waals surface area (Å²) in [6.07, 6.45) is 4.06. The van der Waals surface area contributed by atoms with Crippen LogP contribution in [0.1, 0.15) is 0 Å². The highest BCUT2D eigenvalue weighted by atomic mass is 16.6. The Labute approximate surface area is 51.6 Å². The van der Waals surface area contributed by atoms with Crippen LogP contribution in [0.5, 0.6) is 0 Å². The third kappa shape index (κ3) is 1.28. The first kappa shape index (κ1) is 5.81. The van der Waals surface area contributed by atoms with Gasteiger partial charge >= 0.3 is 0 Å². The van der Waals surface area contributed by atoms with E-state index in [4.69, 9.17) is 0 Å². The van der Waals surface area contributed by atoms with Crippen LogP contribution in [-0.4, -0.2) is 11.5 Å². The molecule has 4 nitrogen and oxygen atoms in total. The number of nitro groups is 1. The molecule has 0 spiro atoms. The molecular formula is C5H5NO3. The molecule has 0 fully saturated rings. The van der Waals surface area contributed by atoms with E-state index in [-0.39, 0.29) is 5.70 Å². The largest absolute Gasteiger partial charge is 0.497 e. The van der Waals surface area contributed by atoms with Crippen molar-refractivity contribution in [3.05, 3.63) is 34.2 Å². The van der Waals surface area contributed by atoms with E-state index in [2.05, 4.69) is 4.74 Å². The maximum Gasteiger partial charge on any atom is 0.271 e. The summed E-state index contributed by atoms with van der Waals surface area (Å²) in [6, 6.07) is 0. The zero-order chi connectivity index (χ0) is 6.69. The van der Waals surface area contributed by atoms with Gasteiger partial charge in [0.05, 0.1) is 17.3 Å². The number of hydrogen-bond acceptors (Lipinski definition) is 3. The predicted molar refractivity (Wildman–Crippen MR) is 30.2 cm³/mol. The van der Waals surface area contributed by atoms with Crippen molar-refractivity contribution in [2.45, 2.75) is 0 Å². The maximum absolute atomic E-state index is 9.98. The van der Waals surface area contributed by atoms with Gasteiger partial charge < -0.3 is 4.74 Å². The second-order valence-corrected chi connectivity index (χ2v) is 1.52. The molecule has 0 aliphatic carbocycles. The lowest BCUT2D eigenvalue weighted by atomic mass is 10.4. The zero-order valence-electron chi connectivity index (χ0n) is 4.61. The first-order valence-electron chi connectivity index (χ1n) is 2.43. The monoisotopic (exact) mass is 127 g/mol. The molecule has 0 saturated carbocycles. The molecule has 0 saturated heterocycles. The Morgan fingerprint density at radius 3 is 2.89 bits per heavy atom. The minimum absolute atomic E-state index is 0.0984. The number of nitrogens with zero attached hydrogens (tertiary/aromatic N) is 1. The third-order valence-electron chi connectivity index (χ3n) is 0.935. The fourth-order valence-corrected chi connectivity index (χ4v) is 0.510. The van der Waals surface area contributed by atoms with Gasteiger partial charge in [-0.1, -0.05) is 0 Å². The minimum Gasteiger partial charge on any atom is -0.497 e. The van der Waals surface area contributed by atoms with Gasteiger partial charge in [-0.2, -0.15) is 0 Å². The third-order valence-corrected chi connectivity index (χ3v) is 0.935. The number of ether oxygens (including phenoxy) is 1. The highest BCUT2D eigenvalue weighted by Crippen LogP contribution is 2.02. The lowest BCUT2D eigenvalue weighted by Crippen LogP contribution is -2.00. The molecule has 0 atom stereocenters. The van der Waals surface area contributed by atoms with Crippen molar-refractivity contribution in [1.82, 2.24) is 0 Å². The van der Waals surface area contributed by atoms with Crippen LogP contribution in [0.2, 0.25) is 0 Å². The van der Waals surface area contributed by atoms with E-state index in [1.54, 1.807) is 0 Å². The molecule has 0 N–H and O–H groups in total. The van der Waals surface area contributed by atoms with Crippen molar-refractivity contribution in [3.8, 4) is 0 Å². The SMILES string of the molecule is O=[N+]([O-])C1=CCOC=C1. The molecule has 0 bridgehead atoms. The summed E-state index contributed by atoms with van der Waals surface area (Å²) in [5.74, 6) is 0. The van der Waals surface area contributed by atoms with Crippen LogP contribution in [0.4, 0.5) is 0 Å². The van der Waals surface area contributed by atoms with E-state index in [0.717, 1.165) is 0 Å². The van der Waals surface area contributed by atoms with Crippen molar-refractivity contribution in [1.29, 1.82) is 0 Å². The Hall–Kier alpha value is -1.32. The van der Waals surface area contributed by atoms with Gasteiger partial charge in [0.2, 0.25) is 0 Å². The molecule has 1 aliphatic rings. The number of allylic oxidation sites excluding steroid dienone is 1. The minimum atomic E-state index is -0.445. The quantitative estimate of drug-likeness (QED) is 0.384. The summed E-state index contributed by atoms with van der Waals surface area (Å²) >= 11 is 0. The average Bonchev–Trinajstić information content (AvgIpc) is 1.90. The van der Waals surface area contributed by atoms with Gasteiger partial charge in [-0.05, 0) is 0 Å². The van der Waals surface area contributed by atoms with Crippen LogP contribution in [0.15, 0.2) is 24.1 Å². The van der Waals surface area contributed by atoms with Gasteiger partial charge in [0, 0.05) is 6.08 Å². The standard InChI is InChI=1S/C5H5NO3/c7-6(8)5-1-3-9-4-2-5/h1-3H,4H2. The average molecular weight is 127 g/mol. The molecule has 1 heterocycles. The Balaban J connectivity index is 2.69. The molecular weight excluding hydrogens is 122 g/mol. The fraction of sp³-hybridized carbons (Fsp3) is 0.200. The smallest absolute Gasteiger partial charge is 0.271 e. The first-order chi connectivity index (χ1) is 4.30. The molecule has 0 aromatic carbocycles. The topological polar surface area (TPSA) is 52.4 Å². The van der Waals surface area contributed by atoms with Gasteiger partial charge in [-0.3, -0.25) is 10.1 Å². The van der Waals surface area contributed by atoms with Crippen LogP contribution >= 0.6 is 0 Å². The second-order valence-electron chi connectivity index (χ2n) is 1.52. The first-order valence-corrected chi connectivity index (χ1v) is 2.43.